The molecule has 0 aliphatic rings. The number of hydrogen-bond acceptors (Lipinski definition) is 2. The first-order chi connectivity index (χ1) is 11.9. The maximum Gasteiger partial charge on any atom is 0.220 e. The molecule has 1 atom stereocenters. The van der Waals surface area contributed by atoms with Crippen molar-refractivity contribution in [1.29, 1.82) is 0 Å². The van der Waals surface area contributed by atoms with Gasteiger partial charge in [0.1, 0.15) is 5.82 Å². The van der Waals surface area contributed by atoms with E-state index in [0.717, 1.165) is 12.0 Å². The van der Waals surface area contributed by atoms with Crippen molar-refractivity contribution in [2.75, 3.05) is 20.6 Å². The number of benzene rings is 2. The summed E-state index contributed by atoms with van der Waals surface area (Å²) in [6.07, 6.45) is 1.18. The van der Waals surface area contributed by atoms with Gasteiger partial charge in [0, 0.05) is 13.0 Å². The van der Waals surface area contributed by atoms with Crippen LogP contribution in [0, 0.1) is 19.7 Å². The molecule has 0 aromatic heterocycles. The summed E-state index contributed by atoms with van der Waals surface area (Å²) >= 11 is 0. The van der Waals surface area contributed by atoms with Gasteiger partial charge in [-0.05, 0) is 63.2 Å². The van der Waals surface area contributed by atoms with Crippen LogP contribution in [0.4, 0.5) is 4.39 Å². The Balaban J connectivity index is 1.91. The van der Waals surface area contributed by atoms with Crippen LogP contribution < -0.4 is 5.32 Å². The van der Waals surface area contributed by atoms with Crippen molar-refractivity contribution in [3.05, 3.63) is 70.5 Å². The fourth-order valence-corrected chi connectivity index (χ4v) is 2.99. The van der Waals surface area contributed by atoms with Crippen LogP contribution in [0.2, 0.25) is 0 Å². The number of nitrogens with one attached hydrogen (secondary N) is 1. The highest BCUT2D eigenvalue weighted by Gasteiger charge is 2.16. The summed E-state index contributed by atoms with van der Waals surface area (Å²) in [5.74, 6) is -0.242. The lowest BCUT2D eigenvalue weighted by molar-refractivity contribution is -0.121. The molecule has 4 heteroatoms. The molecule has 0 fully saturated rings. The van der Waals surface area contributed by atoms with Gasteiger partial charge in [-0.25, -0.2) is 4.39 Å². The number of likely N-dealkylation sites (N-methyl/N-ethyl adjacent to an activating group) is 1. The maximum atomic E-state index is 13.5. The van der Waals surface area contributed by atoms with Crippen molar-refractivity contribution in [3.8, 4) is 0 Å². The third-order valence-electron chi connectivity index (χ3n) is 4.47. The number of hydrogen-bond donors (Lipinski definition) is 1. The molecule has 134 valence electrons. The predicted molar refractivity (Wildman–Crippen MR) is 100 cm³/mol. The largest absolute Gasteiger partial charge is 0.354 e. The summed E-state index contributed by atoms with van der Waals surface area (Å²) in [7, 11) is 3.86. The normalized spacial score (nSPS) is 12.2. The Bertz CT molecular complexity index is 728. The summed E-state index contributed by atoms with van der Waals surface area (Å²) in [4.78, 5) is 14.2. The third-order valence-corrected chi connectivity index (χ3v) is 4.47. The van der Waals surface area contributed by atoms with Crippen LogP contribution in [0.15, 0.2) is 42.5 Å². The van der Waals surface area contributed by atoms with Crippen molar-refractivity contribution in [2.24, 2.45) is 0 Å². The van der Waals surface area contributed by atoms with Crippen molar-refractivity contribution in [2.45, 2.75) is 32.7 Å². The third kappa shape index (κ3) is 5.68. The molecular formula is C21H27FN2O. The lowest BCUT2D eigenvalue weighted by atomic mass is 10.0. The highest BCUT2D eigenvalue weighted by molar-refractivity contribution is 5.76. The number of nitrogens with zero attached hydrogens (tertiary/aromatic N) is 1. The van der Waals surface area contributed by atoms with E-state index in [-0.39, 0.29) is 17.8 Å². The zero-order valence-electron chi connectivity index (χ0n) is 15.5. The fraction of sp³-hybridized carbons (Fsp3) is 0.381. The summed E-state index contributed by atoms with van der Waals surface area (Å²) < 4.78 is 13.5. The summed E-state index contributed by atoms with van der Waals surface area (Å²) in [6.45, 7) is 4.60. The van der Waals surface area contributed by atoms with E-state index in [1.807, 2.05) is 25.1 Å². The molecule has 0 bridgehead atoms. The Morgan fingerprint density at radius 1 is 1.16 bits per heavy atom. The Kier molecular flexibility index (Phi) is 6.71. The van der Waals surface area contributed by atoms with Crippen molar-refractivity contribution >= 4 is 5.91 Å². The van der Waals surface area contributed by atoms with Crippen LogP contribution >= 0.6 is 0 Å². The number of rotatable bonds is 7. The number of aryl methyl sites for hydroxylation is 3. The van der Waals surface area contributed by atoms with Gasteiger partial charge in [-0.2, -0.15) is 0 Å². The van der Waals surface area contributed by atoms with Gasteiger partial charge in [-0.3, -0.25) is 4.79 Å². The molecule has 0 aliphatic carbocycles. The average molecular weight is 342 g/mol. The highest BCUT2D eigenvalue weighted by atomic mass is 19.1. The minimum Gasteiger partial charge on any atom is -0.354 e. The molecule has 2 aromatic rings. The van der Waals surface area contributed by atoms with E-state index in [9.17, 15) is 9.18 Å². The van der Waals surface area contributed by atoms with Crippen molar-refractivity contribution < 1.29 is 9.18 Å². The van der Waals surface area contributed by atoms with Gasteiger partial charge >= 0.3 is 0 Å². The molecule has 25 heavy (non-hydrogen) atoms. The van der Waals surface area contributed by atoms with Crippen molar-refractivity contribution in [3.63, 3.8) is 0 Å². The molecule has 2 rings (SSSR count). The molecule has 0 spiro atoms. The Labute approximate surface area is 149 Å². The van der Waals surface area contributed by atoms with Gasteiger partial charge in [0.25, 0.3) is 0 Å². The van der Waals surface area contributed by atoms with E-state index in [1.165, 1.54) is 28.8 Å². The molecule has 0 heterocycles. The maximum absolute atomic E-state index is 13.5. The van der Waals surface area contributed by atoms with Crippen LogP contribution in [0.5, 0.6) is 0 Å². The van der Waals surface area contributed by atoms with Gasteiger partial charge < -0.3 is 10.2 Å². The summed E-state index contributed by atoms with van der Waals surface area (Å²) in [6, 6.07) is 12.8. The highest BCUT2D eigenvalue weighted by Crippen LogP contribution is 2.18. The minimum atomic E-state index is -0.259. The Hall–Kier alpha value is -2.20. The Morgan fingerprint density at radius 2 is 1.92 bits per heavy atom. The molecule has 1 amide bonds. The molecule has 1 N–H and O–H groups in total. The minimum absolute atomic E-state index is 0.0169. The monoisotopic (exact) mass is 342 g/mol. The average Bonchev–Trinajstić information content (AvgIpc) is 2.54. The number of halogens is 1. The quantitative estimate of drug-likeness (QED) is 0.830. The molecule has 1 unspecified atom stereocenters. The van der Waals surface area contributed by atoms with Crippen molar-refractivity contribution in [1.82, 2.24) is 10.2 Å². The second-order valence-corrected chi connectivity index (χ2v) is 6.77. The topological polar surface area (TPSA) is 32.3 Å². The molecule has 0 aliphatic heterocycles. The van der Waals surface area contributed by atoms with E-state index in [4.69, 9.17) is 0 Å². The van der Waals surface area contributed by atoms with Gasteiger partial charge in [-0.15, -0.1) is 0 Å². The van der Waals surface area contributed by atoms with E-state index < -0.39 is 0 Å². The van der Waals surface area contributed by atoms with Gasteiger partial charge in [-0.1, -0.05) is 35.9 Å². The van der Waals surface area contributed by atoms with E-state index in [2.05, 4.69) is 37.4 Å². The van der Waals surface area contributed by atoms with Gasteiger partial charge in [0.15, 0.2) is 0 Å². The first-order valence-electron chi connectivity index (χ1n) is 8.61. The SMILES string of the molecule is Cc1ccc(CCC(=O)NCC(c2cccc(F)c2)N(C)C)c(C)c1. The van der Waals surface area contributed by atoms with Crippen LogP contribution in [0.3, 0.4) is 0 Å². The molecule has 0 saturated carbocycles. The molecular weight excluding hydrogens is 315 g/mol. The number of carbonyl (C=O) groups is 1. The van der Waals surface area contributed by atoms with E-state index >= 15 is 0 Å². The molecule has 0 saturated heterocycles. The van der Waals surface area contributed by atoms with E-state index in [1.54, 1.807) is 6.07 Å². The smallest absolute Gasteiger partial charge is 0.220 e. The second-order valence-electron chi connectivity index (χ2n) is 6.77. The zero-order valence-corrected chi connectivity index (χ0v) is 15.5. The van der Waals surface area contributed by atoms with Gasteiger partial charge in [0.2, 0.25) is 5.91 Å². The standard InChI is InChI=1S/C21H27FN2O/c1-15-8-9-17(16(2)12-15)10-11-21(25)23-14-20(24(3)4)18-6-5-7-19(22)13-18/h5-9,12-13,20H,10-11,14H2,1-4H3,(H,23,25). The van der Waals surface area contributed by atoms with Crippen LogP contribution in [-0.4, -0.2) is 31.4 Å². The predicted octanol–water partition coefficient (Wildman–Crippen LogP) is 3.79. The number of carbonyl (C=O) groups excluding carboxylic acids is 1. The first kappa shape index (κ1) is 19.1. The van der Waals surface area contributed by atoms with Gasteiger partial charge in [0.05, 0.1) is 6.04 Å². The van der Waals surface area contributed by atoms with E-state index in [0.29, 0.717) is 13.0 Å². The lowest BCUT2D eigenvalue weighted by Crippen LogP contribution is -2.34. The lowest BCUT2D eigenvalue weighted by Gasteiger charge is -2.25. The zero-order chi connectivity index (χ0) is 18.4. The second kappa shape index (κ2) is 8.77. The molecule has 0 radical (unpaired) electrons. The van der Waals surface area contributed by atoms with Crippen LogP contribution in [-0.2, 0) is 11.2 Å². The summed E-state index contributed by atoms with van der Waals surface area (Å²) in [5, 5.41) is 2.98. The van der Waals surface area contributed by atoms with Crippen LogP contribution in [0.1, 0.15) is 34.7 Å². The fourth-order valence-electron chi connectivity index (χ4n) is 2.99. The van der Waals surface area contributed by atoms with Crippen LogP contribution in [0.25, 0.3) is 0 Å². The first-order valence-corrected chi connectivity index (χ1v) is 8.61. The summed E-state index contributed by atoms with van der Waals surface area (Å²) in [5.41, 5.74) is 4.52. The molecule has 2 aromatic carbocycles. The number of amides is 1. The Morgan fingerprint density at radius 3 is 2.56 bits per heavy atom. The molecule has 3 nitrogen and oxygen atoms in total.